The Morgan fingerprint density at radius 2 is 1.97 bits per heavy atom. The molecule has 0 aromatic carbocycles. The lowest BCUT2D eigenvalue weighted by Crippen LogP contribution is -2.14. The summed E-state index contributed by atoms with van der Waals surface area (Å²) >= 11 is 1.34. The monoisotopic (exact) mass is 467 g/mol. The number of rotatable bonds is 7. The minimum Gasteiger partial charge on any atom is -0.467 e. The number of amides is 1. The molecule has 0 saturated heterocycles. The molecule has 0 saturated carbocycles. The van der Waals surface area contributed by atoms with Gasteiger partial charge in [0.2, 0.25) is 16.0 Å². The quantitative estimate of drug-likeness (QED) is 0.411. The van der Waals surface area contributed by atoms with Gasteiger partial charge in [0.25, 0.3) is 0 Å². The summed E-state index contributed by atoms with van der Waals surface area (Å²) in [5.74, 6) is 0.552. The Hall–Kier alpha value is -3.26. The summed E-state index contributed by atoms with van der Waals surface area (Å²) < 4.78 is 45.0. The van der Waals surface area contributed by atoms with Crippen LogP contribution in [0.1, 0.15) is 10.8 Å². The smallest absolute Gasteiger partial charge is 0.445 e. The van der Waals surface area contributed by atoms with Gasteiger partial charge in [-0.05, 0) is 24.3 Å². The molecule has 0 atom stereocenters. The maximum absolute atomic E-state index is 12.6. The number of carbonyl (C=O) groups is 1. The van der Waals surface area contributed by atoms with E-state index >= 15 is 0 Å². The Kier molecular flexibility index (Phi) is 5.99. The second-order valence-electron chi connectivity index (χ2n) is 5.95. The van der Waals surface area contributed by atoms with E-state index in [1.807, 2.05) is 0 Å². The van der Waals surface area contributed by atoms with Crippen LogP contribution in [0.3, 0.4) is 0 Å². The van der Waals surface area contributed by atoms with Crippen molar-refractivity contribution < 1.29 is 22.4 Å². The highest BCUT2D eigenvalue weighted by Gasteiger charge is 2.35. The van der Waals surface area contributed by atoms with Crippen LogP contribution in [0.15, 0.2) is 52.5 Å². The molecule has 0 aliphatic rings. The summed E-state index contributed by atoms with van der Waals surface area (Å²) in [5, 5.41) is 16.1. The Labute approximate surface area is 180 Å². The Morgan fingerprint density at radius 1 is 1.16 bits per heavy atom. The van der Waals surface area contributed by atoms with E-state index in [9.17, 15) is 18.0 Å². The first kappa shape index (κ1) is 21.0. The van der Waals surface area contributed by atoms with Crippen molar-refractivity contribution in [1.82, 2.24) is 29.9 Å². The fourth-order valence-electron chi connectivity index (χ4n) is 2.48. The molecule has 0 radical (unpaired) electrons. The predicted octanol–water partition coefficient (Wildman–Crippen LogP) is 3.58. The van der Waals surface area contributed by atoms with Gasteiger partial charge in [0.15, 0.2) is 11.0 Å². The van der Waals surface area contributed by atoms with E-state index in [1.54, 1.807) is 47.5 Å². The topological polar surface area (TPSA) is 112 Å². The number of alkyl halides is 3. The summed E-state index contributed by atoms with van der Waals surface area (Å²) in [6.45, 7) is 0.326. The molecular weight excluding hydrogens is 455 g/mol. The normalized spacial score (nSPS) is 11.6. The summed E-state index contributed by atoms with van der Waals surface area (Å²) in [6.07, 6.45) is 0.182. The summed E-state index contributed by atoms with van der Waals surface area (Å²) in [6, 6.07) is 7.10. The lowest BCUT2D eigenvalue weighted by atomic mass is 10.2. The van der Waals surface area contributed by atoms with Crippen molar-refractivity contribution in [3.05, 3.63) is 53.7 Å². The van der Waals surface area contributed by atoms with Crippen molar-refractivity contribution in [3.63, 3.8) is 0 Å². The molecule has 4 aromatic heterocycles. The molecule has 1 N–H and O–H groups in total. The number of aromatic nitrogens is 6. The maximum Gasteiger partial charge on any atom is 0.445 e. The standard InChI is InChI=1S/C17H12F3N7O2S2/c18-17(19,20)14-24-25-15(31-14)22-12(28)9-30-16-26-23-13(10-3-5-21-6-4-10)27(16)8-11-2-1-7-29-11/h1-7H,8-9H2,(H,22,25,28). The number of thioether (sulfide) groups is 1. The second-order valence-corrected chi connectivity index (χ2v) is 7.87. The van der Waals surface area contributed by atoms with Gasteiger partial charge >= 0.3 is 6.18 Å². The predicted molar refractivity (Wildman–Crippen MR) is 105 cm³/mol. The summed E-state index contributed by atoms with van der Waals surface area (Å²) in [7, 11) is 0. The van der Waals surface area contributed by atoms with Crippen LogP contribution in [-0.2, 0) is 17.5 Å². The van der Waals surface area contributed by atoms with E-state index in [0.29, 0.717) is 23.3 Å². The molecule has 9 nitrogen and oxygen atoms in total. The van der Waals surface area contributed by atoms with Crippen LogP contribution < -0.4 is 5.32 Å². The van der Waals surface area contributed by atoms with Crippen LogP contribution in [0.5, 0.6) is 0 Å². The molecular formula is C17H12F3N7O2S2. The zero-order chi connectivity index (χ0) is 21.8. The third-order valence-electron chi connectivity index (χ3n) is 3.80. The minimum atomic E-state index is -4.61. The molecule has 0 bridgehead atoms. The molecule has 4 heterocycles. The fourth-order valence-corrected chi connectivity index (χ4v) is 3.85. The van der Waals surface area contributed by atoms with Gasteiger partial charge in [-0.2, -0.15) is 13.2 Å². The van der Waals surface area contributed by atoms with E-state index < -0.39 is 17.1 Å². The number of anilines is 1. The van der Waals surface area contributed by atoms with Gasteiger partial charge in [-0.1, -0.05) is 23.1 Å². The molecule has 4 aromatic rings. The van der Waals surface area contributed by atoms with Crippen molar-refractivity contribution in [2.24, 2.45) is 0 Å². The van der Waals surface area contributed by atoms with Gasteiger partial charge in [-0.25, -0.2) is 0 Å². The highest BCUT2D eigenvalue weighted by Crippen LogP contribution is 2.33. The van der Waals surface area contributed by atoms with Gasteiger partial charge in [0.1, 0.15) is 5.76 Å². The molecule has 0 aliphatic heterocycles. The molecule has 1 amide bonds. The lowest BCUT2D eigenvalue weighted by molar-refractivity contribution is -0.138. The average molecular weight is 467 g/mol. The Balaban J connectivity index is 1.48. The number of halogens is 3. The zero-order valence-electron chi connectivity index (χ0n) is 15.4. The number of carbonyl (C=O) groups excluding carboxylic acids is 1. The molecule has 0 fully saturated rings. The van der Waals surface area contributed by atoms with Crippen molar-refractivity contribution in [1.29, 1.82) is 0 Å². The molecule has 0 aliphatic carbocycles. The molecule has 160 valence electrons. The van der Waals surface area contributed by atoms with E-state index in [0.717, 1.165) is 17.3 Å². The van der Waals surface area contributed by atoms with Crippen LogP contribution in [0.2, 0.25) is 0 Å². The maximum atomic E-state index is 12.6. The SMILES string of the molecule is O=C(CSc1nnc(-c2ccncc2)n1Cc1ccco1)Nc1nnc(C(F)(F)F)s1. The number of hydrogen-bond donors (Lipinski definition) is 1. The minimum absolute atomic E-state index is 0.117. The average Bonchev–Trinajstić information content (AvgIpc) is 3.49. The molecule has 31 heavy (non-hydrogen) atoms. The second kappa shape index (κ2) is 8.85. The summed E-state index contributed by atoms with van der Waals surface area (Å²) in [4.78, 5) is 16.2. The molecule has 0 unspecified atom stereocenters. The van der Waals surface area contributed by atoms with Gasteiger partial charge in [-0.3, -0.25) is 19.7 Å². The van der Waals surface area contributed by atoms with Crippen LogP contribution >= 0.6 is 23.1 Å². The lowest BCUT2D eigenvalue weighted by Gasteiger charge is -2.08. The van der Waals surface area contributed by atoms with Crippen LogP contribution in [-0.4, -0.2) is 41.6 Å². The fraction of sp³-hybridized carbons (Fsp3) is 0.176. The largest absolute Gasteiger partial charge is 0.467 e. The Morgan fingerprint density at radius 3 is 2.65 bits per heavy atom. The number of furan rings is 1. The Bertz CT molecular complexity index is 1160. The third kappa shape index (κ3) is 5.08. The highest BCUT2D eigenvalue weighted by molar-refractivity contribution is 7.99. The van der Waals surface area contributed by atoms with Gasteiger partial charge < -0.3 is 4.42 Å². The highest BCUT2D eigenvalue weighted by atomic mass is 32.2. The van der Waals surface area contributed by atoms with Gasteiger partial charge in [0.05, 0.1) is 18.6 Å². The van der Waals surface area contributed by atoms with Crippen LogP contribution in [0, 0.1) is 0 Å². The van der Waals surface area contributed by atoms with Crippen molar-refractivity contribution in [2.75, 3.05) is 11.1 Å². The molecule has 4 rings (SSSR count). The van der Waals surface area contributed by atoms with Crippen molar-refractivity contribution in [2.45, 2.75) is 17.9 Å². The van der Waals surface area contributed by atoms with Gasteiger partial charge in [-0.15, -0.1) is 20.4 Å². The number of pyridine rings is 1. The number of nitrogens with one attached hydrogen (secondary N) is 1. The van der Waals surface area contributed by atoms with Gasteiger partial charge in [0, 0.05) is 18.0 Å². The van der Waals surface area contributed by atoms with E-state index in [-0.39, 0.29) is 22.2 Å². The van der Waals surface area contributed by atoms with Crippen molar-refractivity contribution >= 4 is 34.1 Å². The molecule has 0 spiro atoms. The third-order valence-corrected chi connectivity index (χ3v) is 5.65. The van der Waals surface area contributed by atoms with Crippen LogP contribution in [0.25, 0.3) is 11.4 Å². The first-order valence-electron chi connectivity index (χ1n) is 8.59. The van der Waals surface area contributed by atoms with Crippen LogP contribution in [0.4, 0.5) is 18.3 Å². The number of hydrogen-bond acceptors (Lipinski definition) is 9. The summed E-state index contributed by atoms with van der Waals surface area (Å²) in [5.41, 5.74) is 0.777. The number of nitrogens with zero attached hydrogens (tertiary/aromatic N) is 6. The molecule has 14 heteroatoms. The van der Waals surface area contributed by atoms with E-state index in [4.69, 9.17) is 4.42 Å². The first-order valence-corrected chi connectivity index (χ1v) is 10.4. The first-order chi connectivity index (χ1) is 14.9. The van der Waals surface area contributed by atoms with Crippen molar-refractivity contribution in [3.8, 4) is 11.4 Å². The zero-order valence-corrected chi connectivity index (χ0v) is 17.0. The van der Waals surface area contributed by atoms with E-state index in [1.165, 1.54) is 0 Å². The van der Waals surface area contributed by atoms with E-state index in [2.05, 4.69) is 30.7 Å².